The van der Waals surface area contributed by atoms with E-state index in [1.54, 1.807) is 0 Å². The molecule has 18 heavy (non-hydrogen) atoms. The fourth-order valence-electron chi connectivity index (χ4n) is 3.63. The normalized spacial score (nSPS) is 23.2. The van der Waals surface area contributed by atoms with Crippen LogP contribution >= 0.6 is 0 Å². The molecule has 2 fully saturated rings. The van der Waals surface area contributed by atoms with E-state index in [2.05, 4.69) is 29.2 Å². The smallest absolute Gasteiger partial charge is 0.0631 e. The van der Waals surface area contributed by atoms with E-state index >= 15 is 0 Å². The van der Waals surface area contributed by atoms with Crippen LogP contribution in [0, 0.1) is 5.41 Å². The largest absolute Gasteiger partial charge is 0.316 e. The highest BCUT2D eigenvalue weighted by molar-refractivity contribution is 5.08. The zero-order valence-corrected chi connectivity index (χ0v) is 11.5. The lowest BCUT2D eigenvalue weighted by Gasteiger charge is -2.42. The van der Waals surface area contributed by atoms with E-state index in [4.69, 9.17) is 5.10 Å². The van der Waals surface area contributed by atoms with Crippen LogP contribution in [0.2, 0.25) is 0 Å². The molecule has 2 aliphatic rings. The van der Waals surface area contributed by atoms with Crippen molar-refractivity contribution in [3.05, 3.63) is 18.0 Å². The van der Waals surface area contributed by atoms with Crippen molar-refractivity contribution in [2.75, 3.05) is 13.1 Å². The van der Waals surface area contributed by atoms with Gasteiger partial charge in [0.2, 0.25) is 0 Å². The van der Waals surface area contributed by atoms with Crippen molar-refractivity contribution < 1.29 is 0 Å². The minimum Gasteiger partial charge on any atom is -0.316 e. The molecule has 0 amide bonds. The molecule has 0 atom stereocenters. The monoisotopic (exact) mass is 247 g/mol. The van der Waals surface area contributed by atoms with Crippen molar-refractivity contribution in [3.63, 3.8) is 0 Å². The summed E-state index contributed by atoms with van der Waals surface area (Å²) in [4.78, 5) is 0. The molecule has 2 heterocycles. The van der Waals surface area contributed by atoms with Gasteiger partial charge in [-0.15, -0.1) is 0 Å². The number of hydrogen-bond donors (Lipinski definition) is 1. The first-order valence-electron chi connectivity index (χ1n) is 7.56. The van der Waals surface area contributed by atoms with Crippen molar-refractivity contribution in [3.8, 4) is 0 Å². The van der Waals surface area contributed by atoms with Crippen LogP contribution in [0.5, 0.6) is 0 Å². The molecule has 0 spiro atoms. The van der Waals surface area contributed by atoms with Gasteiger partial charge in [0.25, 0.3) is 0 Å². The van der Waals surface area contributed by atoms with Crippen LogP contribution in [0.1, 0.15) is 57.2 Å². The zero-order chi connectivity index (χ0) is 12.4. The predicted molar refractivity (Wildman–Crippen MR) is 73.6 cm³/mol. The van der Waals surface area contributed by atoms with E-state index < -0.39 is 0 Å². The van der Waals surface area contributed by atoms with Crippen molar-refractivity contribution in [1.82, 2.24) is 15.1 Å². The number of hydrogen-bond acceptors (Lipinski definition) is 2. The van der Waals surface area contributed by atoms with Crippen molar-refractivity contribution in [2.45, 2.75) is 57.9 Å². The highest BCUT2D eigenvalue weighted by Crippen LogP contribution is 2.33. The topological polar surface area (TPSA) is 29.9 Å². The second kappa shape index (κ2) is 5.04. The maximum absolute atomic E-state index is 4.83. The Hall–Kier alpha value is -0.830. The molecule has 1 saturated heterocycles. The average Bonchev–Trinajstić information content (AvgIpc) is 2.96. The van der Waals surface area contributed by atoms with Crippen molar-refractivity contribution >= 4 is 0 Å². The van der Waals surface area contributed by atoms with Gasteiger partial charge in [0, 0.05) is 24.7 Å². The molecule has 3 nitrogen and oxygen atoms in total. The Morgan fingerprint density at radius 1 is 1.39 bits per heavy atom. The molecular weight excluding hydrogens is 222 g/mol. The molecule has 1 aliphatic heterocycles. The number of nitrogens with zero attached hydrogens (tertiary/aromatic N) is 2. The molecule has 0 aromatic carbocycles. The third kappa shape index (κ3) is 2.33. The van der Waals surface area contributed by atoms with E-state index in [-0.39, 0.29) is 0 Å². The van der Waals surface area contributed by atoms with Crippen LogP contribution in [-0.4, -0.2) is 22.9 Å². The molecule has 3 heteroatoms. The second-order valence-electron chi connectivity index (χ2n) is 6.26. The summed E-state index contributed by atoms with van der Waals surface area (Å²) in [6, 6.07) is 2.93. The summed E-state index contributed by atoms with van der Waals surface area (Å²) in [7, 11) is 0. The van der Waals surface area contributed by atoms with Crippen molar-refractivity contribution in [2.24, 2.45) is 5.41 Å². The van der Waals surface area contributed by atoms with Crippen LogP contribution in [-0.2, 0) is 6.42 Å². The third-order valence-corrected chi connectivity index (χ3v) is 4.70. The van der Waals surface area contributed by atoms with Crippen molar-refractivity contribution in [1.29, 1.82) is 0 Å². The summed E-state index contributed by atoms with van der Waals surface area (Å²) < 4.78 is 2.23. The third-order valence-electron chi connectivity index (χ3n) is 4.70. The zero-order valence-electron chi connectivity index (χ0n) is 11.5. The Morgan fingerprint density at radius 3 is 2.78 bits per heavy atom. The number of nitrogens with one attached hydrogen (secondary N) is 1. The lowest BCUT2D eigenvalue weighted by Crippen LogP contribution is -2.54. The lowest BCUT2D eigenvalue weighted by molar-refractivity contribution is 0.148. The summed E-state index contributed by atoms with van der Waals surface area (Å²) in [5.41, 5.74) is 1.81. The van der Waals surface area contributed by atoms with Crippen LogP contribution in [0.25, 0.3) is 0 Å². The van der Waals surface area contributed by atoms with Gasteiger partial charge in [-0.3, -0.25) is 4.68 Å². The molecule has 1 aromatic heterocycles. The highest BCUT2D eigenvalue weighted by Gasteiger charge is 2.36. The van der Waals surface area contributed by atoms with E-state index in [1.807, 2.05) is 0 Å². The van der Waals surface area contributed by atoms with Gasteiger partial charge in [0.05, 0.1) is 11.7 Å². The summed E-state index contributed by atoms with van der Waals surface area (Å²) in [5, 5.41) is 8.26. The molecule has 0 unspecified atom stereocenters. The molecule has 100 valence electrons. The van der Waals surface area contributed by atoms with E-state index in [0.717, 1.165) is 6.42 Å². The minimum absolute atomic E-state index is 0.504. The fourth-order valence-corrected chi connectivity index (χ4v) is 3.63. The fraction of sp³-hybridized carbons (Fsp3) is 0.800. The summed E-state index contributed by atoms with van der Waals surface area (Å²) in [5.74, 6) is 0. The Balaban J connectivity index is 1.65. The van der Waals surface area contributed by atoms with Gasteiger partial charge in [-0.2, -0.15) is 5.10 Å². The van der Waals surface area contributed by atoms with Crippen LogP contribution in [0.3, 0.4) is 0 Å². The SMILES string of the molecule is CCCC1(Cc2ccn(C3CCCC3)n2)CNC1. The van der Waals surface area contributed by atoms with Gasteiger partial charge in [-0.05, 0) is 31.7 Å². The van der Waals surface area contributed by atoms with Crippen LogP contribution in [0.4, 0.5) is 0 Å². The summed E-state index contributed by atoms with van der Waals surface area (Å²) >= 11 is 0. The molecular formula is C15H25N3. The highest BCUT2D eigenvalue weighted by atomic mass is 15.3. The Bertz CT molecular complexity index is 386. The van der Waals surface area contributed by atoms with E-state index in [1.165, 1.54) is 57.3 Å². The first-order valence-corrected chi connectivity index (χ1v) is 7.56. The molecule has 0 radical (unpaired) electrons. The number of rotatable bonds is 5. The second-order valence-corrected chi connectivity index (χ2v) is 6.26. The number of aromatic nitrogens is 2. The predicted octanol–water partition coefficient (Wildman–Crippen LogP) is 2.93. The molecule has 0 bridgehead atoms. The van der Waals surface area contributed by atoms with Gasteiger partial charge < -0.3 is 5.32 Å². The van der Waals surface area contributed by atoms with Crippen LogP contribution < -0.4 is 5.32 Å². The molecule has 1 aromatic rings. The van der Waals surface area contributed by atoms with Gasteiger partial charge in [0.15, 0.2) is 0 Å². The van der Waals surface area contributed by atoms with Crippen LogP contribution in [0.15, 0.2) is 12.3 Å². The Morgan fingerprint density at radius 2 is 2.17 bits per heavy atom. The molecule has 1 aliphatic carbocycles. The van der Waals surface area contributed by atoms with Gasteiger partial charge in [-0.1, -0.05) is 26.2 Å². The van der Waals surface area contributed by atoms with Gasteiger partial charge >= 0.3 is 0 Å². The van der Waals surface area contributed by atoms with Gasteiger partial charge in [-0.25, -0.2) is 0 Å². The van der Waals surface area contributed by atoms with E-state index in [9.17, 15) is 0 Å². The standard InChI is InChI=1S/C15H25N3/c1-2-8-15(11-16-12-15)10-13-7-9-18(17-13)14-5-3-4-6-14/h7,9,14,16H,2-6,8,10-12H2,1H3. The maximum Gasteiger partial charge on any atom is 0.0631 e. The molecule has 3 rings (SSSR count). The Kier molecular flexibility index (Phi) is 3.42. The average molecular weight is 247 g/mol. The summed E-state index contributed by atoms with van der Waals surface area (Å²) in [6.45, 7) is 4.64. The first kappa shape index (κ1) is 12.2. The minimum atomic E-state index is 0.504. The molecule has 1 saturated carbocycles. The first-order chi connectivity index (χ1) is 8.81. The Labute approximate surface area is 110 Å². The maximum atomic E-state index is 4.83. The van der Waals surface area contributed by atoms with Gasteiger partial charge in [0.1, 0.15) is 0 Å². The quantitative estimate of drug-likeness (QED) is 0.867. The summed E-state index contributed by atoms with van der Waals surface area (Å²) in [6.07, 6.45) is 11.4. The lowest BCUT2D eigenvalue weighted by atomic mass is 9.74. The molecule has 1 N–H and O–H groups in total. The van der Waals surface area contributed by atoms with E-state index in [0.29, 0.717) is 11.5 Å².